The quantitative estimate of drug-likeness (QED) is 0.662. The summed E-state index contributed by atoms with van der Waals surface area (Å²) < 4.78 is 0. The average molecular weight is 278 g/mol. The largest absolute Gasteiger partial charge is 0.316 e. The van der Waals surface area contributed by atoms with Crippen molar-refractivity contribution < 1.29 is 4.79 Å². The second-order valence-corrected chi connectivity index (χ2v) is 6.73. The molecule has 0 aliphatic carbocycles. The van der Waals surface area contributed by atoms with Gasteiger partial charge in [0.15, 0.2) is 6.19 Å². The lowest BCUT2D eigenvalue weighted by molar-refractivity contribution is -0.121. The van der Waals surface area contributed by atoms with E-state index >= 15 is 0 Å². The molecule has 5 nitrogen and oxygen atoms in total. The second-order valence-electron chi connectivity index (χ2n) is 5.72. The molecule has 1 atom stereocenters. The summed E-state index contributed by atoms with van der Waals surface area (Å²) in [5.74, 6) is -0.260. The van der Waals surface area contributed by atoms with Gasteiger partial charge in [-0.25, -0.2) is 4.98 Å². The third-order valence-electron chi connectivity index (χ3n) is 3.15. The summed E-state index contributed by atoms with van der Waals surface area (Å²) >= 11 is 1.41. The molecular formula is C13H18N4OS. The topological polar surface area (TPSA) is 69.0 Å². The van der Waals surface area contributed by atoms with Gasteiger partial charge in [-0.1, -0.05) is 32.1 Å². The van der Waals surface area contributed by atoms with Gasteiger partial charge in [0, 0.05) is 17.6 Å². The number of nitrogens with one attached hydrogen (secondary N) is 1. The molecule has 1 aromatic heterocycles. The highest BCUT2D eigenvalue weighted by Gasteiger charge is 2.30. The Bertz CT molecular complexity index is 505. The summed E-state index contributed by atoms with van der Waals surface area (Å²) in [5.41, 5.74) is -0.0188. The van der Waals surface area contributed by atoms with Crippen LogP contribution in [0.15, 0.2) is 6.20 Å². The number of rotatable bonds is 2. The SMILES string of the molecule is CC(C)(C)c1cnc(N(C#N)C(=O)C2CCNC2)s1. The predicted octanol–water partition coefficient (Wildman–Crippen LogP) is 1.86. The summed E-state index contributed by atoms with van der Waals surface area (Å²) in [4.78, 5) is 18.7. The molecule has 1 N–H and O–H groups in total. The summed E-state index contributed by atoms with van der Waals surface area (Å²) in [6.07, 6.45) is 4.50. The van der Waals surface area contributed by atoms with E-state index in [0.29, 0.717) is 11.7 Å². The van der Waals surface area contributed by atoms with E-state index in [0.717, 1.165) is 22.7 Å². The Morgan fingerprint density at radius 2 is 2.37 bits per heavy atom. The molecule has 6 heteroatoms. The summed E-state index contributed by atoms with van der Waals surface area (Å²) in [6.45, 7) is 7.74. The van der Waals surface area contributed by atoms with Crippen molar-refractivity contribution in [1.29, 1.82) is 5.26 Å². The van der Waals surface area contributed by atoms with E-state index in [1.165, 1.54) is 11.3 Å². The van der Waals surface area contributed by atoms with Gasteiger partial charge in [-0.05, 0) is 18.4 Å². The smallest absolute Gasteiger partial charge is 0.246 e. The third-order valence-corrected chi connectivity index (χ3v) is 4.56. The zero-order valence-electron chi connectivity index (χ0n) is 11.4. The molecular weight excluding hydrogens is 260 g/mol. The number of amides is 1. The van der Waals surface area contributed by atoms with Crippen LogP contribution in [-0.2, 0) is 10.2 Å². The highest BCUT2D eigenvalue weighted by molar-refractivity contribution is 7.16. The molecule has 1 saturated heterocycles. The van der Waals surface area contributed by atoms with Gasteiger partial charge >= 0.3 is 0 Å². The van der Waals surface area contributed by atoms with Crippen molar-refractivity contribution in [2.75, 3.05) is 18.0 Å². The van der Waals surface area contributed by atoms with Crippen molar-refractivity contribution in [2.45, 2.75) is 32.6 Å². The zero-order chi connectivity index (χ0) is 14.0. The van der Waals surface area contributed by atoms with Crippen LogP contribution in [0.4, 0.5) is 5.13 Å². The van der Waals surface area contributed by atoms with Gasteiger partial charge in [-0.2, -0.15) is 10.2 Å². The van der Waals surface area contributed by atoms with Gasteiger partial charge in [-0.3, -0.25) is 4.79 Å². The Morgan fingerprint density at radius 1 is 1.63 bits per heavy atom. The number of hydrogen-bond acceptors (Lipinski definition) is 5. The Kier molecular flexibility index (Phi) is 3.88. The Labute approximate surface area is 117 Å². The van der Waals surface area contributed by atoms with Gasteiger partial charge in [0.2, 0.25) is 11.0 Å². The summed E-state index contributed by atoms with van der Waals surface area (Å²) in [5, 5.41) is 12.8. The van der Waals surface area contributed by atoms with Crippen molar-refractivity contribution in [3.63, 3.8) is 0 Å². The van der Waals surface area contributed by atoms with E-state index in [2.05, 4.69) is 31.1 Å². The highest BCUT2D eigenvalue weighted by Crippen LogP contribution is 2.32. The molecule has 1 aliphatic rings. The molecule has 0 aromatic carbocycles. The van der Waals surface area contributed by atoms with Crippen molar-refractivity contribution >= 4 is 22.4 Å². The molecule has 1 aromatic rings. The molecule has 2 rings (SSSR count). The molecule has 102 valence electrons. The lowest BCUT2D eigenvalue weighted by Crippen LogP contribution is -2.33. The first-order valence-corrected chi connectivity index (χ1v) is 7.16. The second kappa shape index (κ2) is 5.27. The van der Waals surface area contributed by atoms with Crippen LogP contribution < -0.4 is 10.2 Å². The lowest BCUT2D eigenvalue weighted by Gasteiger charge is -2.16. The fraction of sp³-hybridized carbons (Fsp3) is 0.615. The Hall–Kier alpha value is -1.45. The Balaban J connectivity index is 2.20. The Morgan fingerprint density at radius 3 is 2.84 bits per heavy atom. The van der Waals surface area contributed by atoms with E-state index in [4.69, 9.17) is 0 Å². The first kappa shape index (κ1) is 14.0. The fourth-order valence-corrected chi connectivity index (χ4v) is 2.89. The van der Waals surface area contributed by atoms with Gasteiger partial charge in [0.05, 0.1) is 5.92 Å². The monoisotopic (exact) mass is 278 g/mol. The molecule has 1 unspecified atom stereocenters. The molecule has 1 fully saturated rings. The van der Waals surface area contributed by atoms with Crippen LogP contribution in [0.2, 0.25) is 0 Å². The van der Waals surface area contributed by atoms with Crippen LogP contribution in [0.1, 0.15) is 32.1 Å². The highest BCUT2D eigenvalue weighted by atomic mass is 32.1. The number of aromatic nitrogens is 1. The van der Waals surface area contributed by atoms with E-state index in [-0.39, 0.29) is 17.2 Å². The molecule has 0 radical (unpaired) electrons. The third kappa shape index (κ3) is 2.94. The fourth-order valence-electron chi connectivity index (χ4n) is 1.95. The number of nitriles is 1. The van der Waals surface area contributed by atoms with Crippen LogP contribution in [0.3, 0.4) is 0 Å². The van der Waals surface area contributed by atoms with Crippen molar-refractivity contribution in [2.24, 2.45) is 5.92 Å². The van der Waals surface area contributed by atoms with Crippen molar-refractivity contribution in [3.05, 3.63) is 11.1 Å². The number of carbonyl (C=O) groups is 1. The molecule has 0 spiro atoms. The first-order chi connectivity index (χ1) is 8.93. The van der Waals surface area contributed by atoms with Crippen LogP contribution in [0.25, 0.3) is 0 Å². The minimum Gasteiger partial charge on any atom is -0.316 e. The van der Waals surface area contributed by atoms with Gasteiger partial charge in [-0.15, -0.1) is 0 Å². The number of nitrogens with zero attached hydrogens (tertiary/aromatic N) is 3. The van der Waals surface area contributed by atoms with E-state index in [9.17, 15) is 10.1 Å². The number of anilines is 1. The standard InChI is InChI=1S/C13H18N4OS/c1-13(2,3)10-7-16-12(19-10)17(8-14)11(18)9-4-5-15-6-9/h7,9,15H,4-6H2,1-3H3. The van der Waals surface area contributed by atoms with Crippen molar-refractivity contribution in [3.8, 4) is 6.19 Å². The lowest BCUT2D eigenvalue weighted by atomic mass is 9.96. The van der Waals surface area contributed by atoms with Crippen molar-refractivity contribution in [1.82, 2.24) is 10.3 Å². The van der Waals surface area contributed by atoms with E-state index < -0.39 is 0 Å². The maximum absolute atomic E-state index is 12.3. The van der Waals surface area contributed by atoms with Gasteiger partial charge in [0.25, 0.3) is 0 Å². The minimum absolute atomic E-state index is 0.0188. The molecule has 1 aliphatic heterocycles. The maximum Gasteiger partial charge on any atom is 0.246 e. The molecule has 0 saturated carbocycles. The minimum atomic E-state index is -0.151. The van der Waals surface area contributed by atoms with Crippen LogP contribution in [-0.4, -0.2) is 24.0 Å². The first-order valence-electron chi connectivity index (χ1n) is 6.34. The molecule has 1 amide bonds. The predicted molar refractivity (Wildman–Crippen MR) is 74.9 cm³/mol. The maximum atomic E-state index is 12.3. The van der Waals surface area contributed by atoms with E-state index in [1.807, 2.05) is 6.19 Å². The number of thiazole rings is 1. The summed E-state index contributed by atoms with van der Waals surface area (Å²) in [7, 11) is 0. The average Bonchev–Trinajstić information content (AvgIpc) is 3.00. The van der Waals surface area contributed by atoms with Gasteiger partial charge in [0.1, 0.15) is 0 Å². The number of hydrogen-bond donors (Lipinski definition) is 1. The molecule has 2 heterocycles. The van der Waals surface area contributed by atoms with E-state index in [1.54, 1.807) is 6.20 Å². The number of carbonyl (C=O) groups excluding carboxylic acids is 1. The van der Waals surface area contributed by atoms with Crippen LogP contribution >= 0.6 is 11.3 Å². The van der Waals surface area contributed by atoms with Gasteiger partial charge < -0.3 is 5.32 Å². The normalized spacial score (nSPS) is 19.2. The molecule has 19 heavy (non-hydrogen) atoms. The summed E-state index contributed by atoms with van der Waals surface area (Å²) in [6, 6.07) is 0. The van der Waals surface area contributed by atoms with Crippen LogP contribution in [0, 0.1) is 17.4 Å². The zero-order valence-corrected chi connectivity index (χ0v) is 12.3. The molecule has 0 bridgehead atoms. The van der Waals surface area contributed by atoms with Crippen LogP contribution in [0.5, 0.6) is 0 Å².